The second-order valence-electron chi connectivity index (χ2n) is 5.98. The summed E-state index contributed by atoms with van der Waals surface area (Å²) >= 11 is 0. The zero-order valence-electron chi connectivity index (χ0n) is 14.9. The summed E-state index contributed by atoms with van der Waals surface area (Å²) in [6.45, 7) is 10.4. The van der Waals surface area contributed by atoms with E-state index in [2.05, 4.69) is 34.4 Å². The zero-order valence-corrected chi connectivity index (χ0v) is 14.9. The van der Waals surface area contributed by atoms with E-state index in [4.69, 9.17) is 4.74 Å². The average Bonchev–Trinajstić information content (AvgIpc) is 2.57. The van der Waals surface area contributed by atoms with Gasteiger partial charge in [0.1, 0.15) is 0 Å². The Labute approximate surface area is 136 Å². The molecule has 0 amide bonds. The third kappa shape index (κ3) is 7.99. The quantitative estimate of drug-likeness (QED) is 0.369. The van der Waals surface area contributed by atoms with E-state index in [1.54, 1.807) is 0 Å². The first-order chi connectivity index (χ1) is 10.8. The Bertz CT molecular complexity index is 296. The van der Waals surface area contributed by atoms with Crippen molar-refractivity contribution in [1.82, 2.24) is 15.5 Å². The molecule has 0 aromatic carbocycles. The van der Waals surface area contributed by atoms with Gasteiger partial charge in [-0.1, -0.05) is 26.7 Å². The first kappa shape index (κ1) is 19.2. The highest BCUT2D eigenvalue weighted by atomic mass is 16.5. The lowest BCUT2D eigenvalue weighted by atomic mass is 10.0. The third-order valence-electron chi connectivity index (χ3n) is 4.28. The Hall–Kier alpha value is -0.810. The van der Waals surface area contributed by atoms with Crippen molar-refractivity contribution in [3.63, 3.8) is 0 Å². The maximum atomic E-state index is 5.57. The standard InChI is InChI=1S/C17H36N4O/c1-4-6-13-22-14-9-11-19-17(18-3)20-15-16-10-7-8-12-21(16)5-2/h16H,4-15H2,1-3H3,(H2,18,19,20). The molecule has 1 fully saturated rings. The number of aliphatic imine (C=N–C) groups is 1. The van der Waals surface area contributed by atoms with Crippen LogP contribution in [-0.2, 0) is 4.74 Å². The molecule has 22 heavy (non-hydrogen) atoms. The van der Waals surface area contributed by atoms with Crippen molar-refractivity contribution in [3.05, 3.63) is 0 Å². The van der Waals surface area contributed by atoms with Crippen molar-refractivity contribution >= 4 is 5.96 Å². The molecule has 1 saturated heterocycles. The molecule has 0 spiro atoms. The number of piperidine rings is 1. The van der Waals surface area contributed by atoms with Crippen LogP contribution in [0.3, 0.4) is 0 Å². The van der Waals surface area contributed by atoms with E-state index < -0.39 is 0 Å². The van der Waals surface area contributed by atoms with E-state index in [1.165, 1.54) is 32.2 Å². The van der Waals surface area contributed by atoms with E-state index in [9.17, 15) is 0 Å². The number of ether oxygens (including phenoxy) is 1. The van der Waals surface area contributed by atoms with Crippen molar-refractivity contribution in [2.75, 3.05) is 46.4 Å². The summed E-state index contributed by atoms with van der Waals surface area (Å²) in [5.74, 6) is 0.912. The van der Waals surface area contributed by atoms with Crippen LogP contribution in [0.4, 0.5) is 0 Å². The number of nitrogens with one attached hydrogen (secondary N) is 2. The Kier molecular flexibility index (Phi) is 11.1. The van der Waals surface area contributed by atoms with Gasteiger partial charge in [-0.25, -0.2) is 0 Å². The van der Waals surface area contributed by atoms with Gasteiger partial charge >= 0.3 is 0 Å². The minimum Gasteiger partial charge on any atom is -0.381 e. The monoisotopic (exact) mass is 312 g/mol. The molecule has 0 bridgehead atoms. The number of unbranched alkanes of at least 4 members (excludes halogenated alkanes) is 1. The lowest BCUT2D eigenvalue weighted by Crippen LogP contribution is -2.49. The van der Waals surface area contributed by atoms with Crippen LogP contribution in [-0.4, -0.2) is 63.3 Å². The summed E-state index contributed by atoms with van der Waals surface area (Å²) in [7, 11) is 1.84. The third-order valence-corrected chi connectivity index (χ3v) is 4.28. The molecule has 1 aliphatic heterocycles. The highest BCUT2D eigenvalue weighted by Gasteiger charge is 2.20. The Morgan fingerprint density at radius 1 is 1.18 bits per heavy atom. The van der Waals surface area contributed by atoms with Crippen molar-refractivity contribution in [3.8, 4) is 0 Å². The van der Waals surface area contributed by atoms with Crippen molar-refractivity contribution in [1.29, 1.82) is 0 Å². The normalized spacial score (nSPS) is 20.1. The summed E-state index contributed by atoms with van der Waals surface area (Å²) < 4.78 is 5.57. The van der Waals surface area contributed by atoms with E-state index in [0.29, 0.717) is 6.04 Å². The summed E-state index contributed by atoms with van der Waals surface area (Å²) in [5, 5.41) is 6.84. The molecule has 0 saturated carbocycles. The molecular formula is C17H36N4O. The molecule has 130 valence electrons. The van der Waals surface area contributed by atoms with E-state index >= 15 is 0 Å². The van der Waals surface area contributed by atoms with Gasteiger partial charge in [0.25, 0.3) is 0 Å². The highest BCUT2D eigenvalue weighted by Crippen LogP contribution is 2.15. The van der Waals surface area contributed by atoms with Gasteiger partial charge in [0.15, 0.2) is 5.96 Å². The van der Waals surface area contributed by atoms with Crippen LogP contribution in [0.1, 0.15) is 52.4 Å². The van der Waals surface area contributed by atoms with Crippen molar-refractivity contribution in [2.24, 2.45) is 4.99 Å². The molecule has 2 N–H and O–H groups in total. The maximum absolute atomic E-state index is 5.57. The lowest BCUT2D eigenvalue weighted by Gasteiger charge is -2.35. The number of likely N-dealkylation sites (tertiary alicyclic amines) is 1. The largest absolute Gasteiger partial charge is 0.381 e. The Balaban J connectivity index is 2.11. The predicted octanol–water partition coefficient (Wildman–Crippen LogP) is 2.23. The van der Waals surface area contributed by atoms with Gasteiger partial charge in [-0.3, -0.25) is 9.89 Å². The molecule has 1 rings (SSSR count). The number of guanidine groups is 1. The molecule has 0 aliphatic carbocycles. The number of nitrogens with zero attached hydrogens (tertiary/aromatic N) is 2. The molecular weight excluding hydrogens is 276 g/mol. The maximum Gasteiger partial charge on any atom is 0.191 e. The Morgan fingerprint density at radius 3 is 2.73 bits per heavy atom. The first-order valence-electron chi connectivity index (χ1n) is 9.08. The van der Waals surface area contributed by atoms with Crippen LogP contribution >= 0.6 is 0 Å². The van der Waals surface area contributed by atoms with Crippen LogP contribution in [0.15, 0.2) is 4.99 Å². The van der Waals surface area contributed by atoms with Crippen LogP contribution < -0.4 is 10.6 Å². The smallest absolute Gasteiger partial charge is 0.191 e. The van der Waals surface area contributed by atoms with Gasteiger partial charge in [-0.05, 0) is 38.8 Å². The molecule has 0 aromatic heterocycles. The molecule has 1 aliphatic rings. The summed E-state index contributed by atoms with van der Waals surface area (Å²) in [6.07, 6.45) is 7.37. The average molecular weight is 313 g/mol. The van der Waals surface area contributed by atoms with Crippen LogP contribution in [0.2, 0.25) is 0 Å². The van der Waals surface area contributed by atoms with Crippen molar-refractivity contribution < 1.29 is 4.74 Å². The second kappa shape index (κ2) is 12.7. The van der Waals surface area contributed by atoms with Crippen molar-refractivity contribution in [2.45, 2.75) is 58.4 Å². The molecule has 1 unspecified atom stereocenters. The van der Waals surface area contributed by atoms with E-state index in [0.717, 1.165) is 51.6 Å². The minimum absolute atomic E-state index is 0.648. The van der Waals surface area contributed by atoms with Gasteiger partial charge < -0.3 is 15.4 Å². The SMILES string of the molecule is CCCCOCCCNC(=NC)NCC1CCCCN1CC. The van der Waals surface area contributed by atoms with Crippen LogP contribution in [0.5, 0.6) is 0 Å². The summed E-state index contributed by atoms with van der Waals surface area (Å²) in [6, 6.07) is 0.648. The summed E-state index contributed by atoms with van der Waals surface area (Å²) in [4.78, 5) is 6.88. The topological polar surface area (TPSA) is 48.9 Å². The number of hydrogen-bond donors (Lipinski definition) is 2. The number of likely N-dealkylation sites (N-methyl/N-ethyl adjacent to an activating group) is 1. The second-order valence-corrected chi connectivity index (χ2v) is 5.98. The number of hydrogen-bond acceptors (Lipinski definition) is 3. The fourth-order valence-electron chi connectivity index (χ4n) is 2.87. The van der Waals surface area contributed by atoms with Crippen LogP contribution in [0.25, 0.3) is 0 Å². The van der Waals surface area contributed by atoms with E-state index in [1.807, 2.05) is 7.05 Å². The fraction of sp³-hybridized carbons (Fsp3) is 0.941. The van der Waals surface area contributed by atoms with Gasteiger partial charge in [0, 0.05) is 39.4 Å². The minimum atomic E-state index is 0.648. The molecule has 1 heterocycles. The van der Waals surface area contributed by atoms with Gasteiger partial charge in [-0.15, -0.1) is 0 Å². The molecule has 0 radical (unpaired) electrons. The fourth-order valence-corrected chi connectivity index (χ4v) is 2.87. The summed E-state index contributed by atoms with van der Waals surface area (Å²) in [5.41, 5.74) is 0. The van der Waals surface area contributed by atoms with Gasteiger partial charge in [0.2, 0.25) is 0 Å². The van der Waals surface area contributed by atoms with Gasteiger partial charge in [0.05, 0.1) is 0 Å². The highest BCUT2D eigenvalue weighted by molar-refractivity contribution is 5.79. The molecule has 1 atom stereocenters. The number of rotatable bonds is 10. The molecule has 5 nitrogen and oxygen atoms in total. The lowest BCUT2D eigenvalue weighted by molar-refractivity contribution is 0.129. The first-order valence-corrected chi connectivity index (χ1v) is 9.08. The zero-order chi connectivity index (χ0) is 16.0. The predicted molar refractivity (Wildman–Crippen MR) is 94.6 cm³/mol. The molecule has 0 aromatic rings. The van der Waals surface area contributed by atoms with Gasteiger partial charge in [-0.2, -0.15) is 0 Å². The van der Waals surface area contributed by atoms with E-state index in [-0.39, 0.29) is 0 Å². The molecule has 5 heteroatoms. The Morgan fingerprint density at radius 2 is 2.00 bits per heavy atom. The van der Waals surface area contributed by atoms with Crippen LogP contribution in [0, 0.1) is 0 Å².